The third kappa shape index (κ3) is 3.02. The lowest BCUT2D eigenvalue weighted by atomic mass is 10.0. The molecule has 0 aromatic heterocycles. The van der Waals surface area contributed by atoms with Crippen LogP contribution in [-0.2, 0) is 0 Å². The van der Waals surface area contributed by atoms with Crippen LogP contribution in [-0.4, -0.2) is 34.3 Å². The maximum atomic E-state index is 11.2. The van der Waals surface area contributed by atoms with Crippen LogP contribution in [0.1, 0.15) is 31.4 Å². The highest BCUT2D eigenvalue weighted by Crippen LogP contribution is 2.32. The zero-order chi connectivity index (χ0) is 14.0. The molecule has 1 aliphatic heterocycles. The summed E-state index contributed by atoms with van der Waals surface area (Å²) in [5, 5.41) is 30.1. The highest BCUT2D eigenvalue weighted by molar-refractivity contribution is 5.64. The lowest BCUT2D eigenvalue weighted by Gasteiger charge is -2.31. The second kappa shape index (κ2) is 5.54. The number of piperidine rings is 1. The van der Waals surface area contributed by atoms with Crippen LogP contribution in [0.2, 0.25) is 0 Å². The molecule has 0 spiro atoms. The fourth-order valence-corrected chi connectivity index (χ4v) is 2.32. The number of nitro groups is 1. The summed E-state index contributed by atoms with van der Waals surface area (Å²) in [6.45, 7) is 2.79. The van der Waals surface area contributed by atoms with E-state index in [2.05, 4.69) is 0 Å². The van der Waals surface area contributed by atoms with Crippen molar-refractivity contribution in [1.82, 2.24) is 0 Å². The summed E-state index contributed by atoms with van der Waals surface area (Å²) in [6, 6.07) is 4.81. The minimum atomic E-state index is -0.726. The van der Waals surface area contributed by atoms with Gasteiger partial charge in [-0.3, -0.25) is 10.1 Å². The first-order valence-corrected chi connectivity index (χ1v) is 6.38. The van der Waals surface area contributed by atoms with Crippen LogP contribution < -0.4 is 4.90 Å². The van der Waals surface area contributed by atoms with Crippen LogP contribution in [0.25, 0.3) is 0 Å². The first-order valence-electron chi connectivity index (χ1n) is 6.38. The third-order valence-corrected chi connectivity index (χ3v) is 3.48. The topological polar surface area (TPSA) is 86.8 Å². The van der Waals surface area contributed by atoms with Gasteiger partial charge in [0.05, 0.1) is 17.1 Å². The van der Waals surface area contributed by atoms with Gasteiger partial charge < -0.3 is 15.1 Å². The van der Waals surface area contributed by atoms with Crippen molar-refractivity contribution in [2.75, 3.05) is 18.0 Å². The van der Waals surface area contributed by atoms with Gasteiger partial charge in [0.1, 0.15) is 5.69 Å². The Hall–Kier alpha value is -1.66. The van der Waals surface area contributed by atoms with Crippen molar-refractivity contribution in [2.45, 2.75) is 32.0 Å². The van der Waals surface area contributed by atoms with E-state index in [1.54, 1.807) is 19.1 Å². The Morgan fingerprint density at radius 2 is 2.05 bits per heavy atom. The Balaban J connectivity index is 2.31. The van der Waals surface area contributed by atoms with Crippen LogP contribution in [0.15, 0.2) is 18.2 Å². The summed E-state index contributed by atoms with van der Waals surface area (Å²) < 4.78 is 0. The van der Waals surface area contributed by atoms with E-state index in [0.29, 0.717) is 37.2 Å². The standard InChI is InChI=1S/C13H18N2O4/c1-9(16)10-2-3-12(13(8-10)15(18)19)14-6-4-11(17)5-7-14/h2-3,8-9,11,16-17H,4-7H2,1H3/t9-/m1/s1. The SMILES string of the molecule is C[C@@H](O)c1ccc(N2CCC(O)CC2)c([N+](=O)[O-])c1. The molecule has 0 bridgehead atoms. The number of benzene rings is 1. The number of rotatable bonds is 3. The fraction of sp³-hybridized carbons (Fsp3) is 0.538. The fourth-order valence-electron chi connectivity index (χ4n) is 2.32. The molecule has 19 heavy (non-hydrogen) atoms. The largest absolute Gasteiger partial charge is 0.393 e. The van der Waals surface area contributed by atoms with Crippen LogP contribution in [0.3, 0.4) is 0 Å². The highest BCUT2D eigenvalue weighted by atomic mass is 16.6. The van der Waals surface area contributed by atoms with Gasteiger partial charge in [-0.1, -0.05) is 6.07 Å². The molecule has 1 atom stereocenters. The second-order valence-electron chi connectivity index (χ2n) is 4.90. The highest BCUT2D eigenvalue weighted by Gasteiger charge is 2.24. The van der Waals surface area contributed by atoms with Gasteiger partial charge in [-0.15, -0.1) is 0 Å². The monoisotopic (exact) mass is 266 g/mol. The van der Waals surface area contributed by atoms with Crippen molar-refractivity contribution in [3.8, 4) is 0 Å². The third-order valence-electron chi connectivity index (χ3n) is 3.48. The first kappa shape index (κ1) is 13.8. The maximum Gasteiger partial charge on any atom is 0.292 e. The molecule has 1 aliphatic rings. The Labute approximate surface area is 111 Å². The summed E-state index contributed by atoms with van der Waals surface area (Å²) in [5.74, 6) is 0. The molecule has 1 aromatic rings. The molecule has 2 N–H and O–H groups in total. The van der Waals surface area contributed by atoms with Crippen LogP contribution in [0.4, 0.5) is 11.4 Å². The minimum Gasteiger partial charge on any atom is -0.393 e. The lowest BCUT2D eigenvalue weighted by molar-refractivity contribution is -0.384. The normalized spacial score (nSPS) is 18.4. The van der Waals surface area contributed by atoms with E-state index in [0.717, 1.165) is 0 Å². The van der Waals surface area contributed by atoms with Gasteiger partial charge in [0.2, 0.25) is 0 Å². The van der Waals surface area contributed by atoms with Gasteiger partial charge in [0, 0.05) is 19.2 Å². The van der Waals surface area contributed by atoms with Crippen LogP contribution >= 0.6 is 0 Å². The Morgan fingerprint density at radius 1 is 1.42 bits per heavy atom. The summed E-state index contributed by atoms with van der Waals surface area (Å²) in [4.78, 5) is 12.6. The molecule has 0 unspecified atom stereocenters. The van der Waals surface area contributed by atoms with E-state index < -0.39 is 11.0 Å². The van der Waals surface area contributed by atoms with Crippen molar-refractivity contribution >= 4 is 11.4 Å². The number of aliphatic hydroxyl groups excluding tert-OH is 2. The smallest absolute Gasteiger partial charge is 0.292 e. The van der Waals surface area contributed by atoms with Gasteiger partial charge in [-0.25, -0.2) is 0 Å². The number of hydrogen-bond acceptors (Lipinski definition) is 5. The van der Waals surface area contributed by atoms with Gasteiger partial charge in [0.25, 0.3) is 5.69 Å². The quantitative estimate of drug-likeness (QED) is 0.641. The molecule has 0 amide bonds. The van der Waals surface area contributed by atoms with Gasteiger partial charge in [-0.2, -0.15) is 0 Å². The predicted octanol–water partition coefficient (Wildman–Crippen LogP) is 1.61. The predicted molar refractivity (Wildman–Crippen MR) is 71.2 cm³/mol. The Bertz CT molecular complexity index is 468. The molecular formula is C13H18N2O4. The molecule has 1 heterocycles. The minimum absolute atomic E-state index is 0.00906. The van der Waals surface area contributed by atoms with E-state index in [4.69, 9.17) is 0 Å². The van der Waals surface area contributed by atoms with Gasteiger partial charge in [-0.05, 0) is 31.4 Å². The molecule has 0 aliphatic carbocycles. The molecule has 2 rings (SSSR count). The molecule has 0 saturated carbocycles. The second-order valence-corrected chi connectivity index (χ2v) is 4.90. The van der Waals surface area contributed by atoms with Gasteiger partial charge in [0.15, 0.2) is 0 Å². The van der Waals surface area contributed by atoms with Crippen molar-refractivity contribution in [1.29, 1.82) is 0 Å². The lowest BCUT2D eigenvalue weighted by Crippen LogP contribution is -2.36. The van der Waals surface area contributed by atoms with E-state index >= 15 is 0 Å². The van der Waals surface area contributed by atoms with Crippen LogP contribution in [0, 0.1) is 10.1 Å². The molecule has 1 fully saturated rings. The number of anilines is 1. The van der Waals surface area contributed by atoms with E-state index in [9.17, 15) is 20.3 Å². The molecule has 104 valence electrons. The Morgan fingerprint density at radius 3 is 2.58 bits per heavy atom. The van der Waals surface area contributed by atoms with E-state index in [-0.39, 0.29) is 11.8 Å². The van der Waals surface area contributed by atoms with Gasteiger partial charge >= 0.3 is 0 Å². The molecule has 1 aromatic carbocycles. The first-order chi connectivity index (χ1) is 8.99. The number of nitrogens with zero attached hydrogens (tertiary/aromatic N) is 2. The van der Waals surface area contributed by atoms with E-state index in [1.807, 2.05) is 4.90 Å². The maximum absolute atomic E-state index is 11.2. The average Bonchev–Trinajstić information content (AvgIpc) is 2.38. The average molecular weight is 266 g/mol. The summed E-state index contributed by atoms with van der Waals surface area (Å²) in [5.41, 5.74) is 1.10. The van der Waals surface area contributed by atoms with Crippen molar-refractivity contribution in [3.63, 3.8) is 0 Å². The summed E-state index contributed by atoms with van der Waals surface area (Å²) in [6.07, 6.45) is 0.202. The van der Waals surface area contributed by atoms with Crippen molar-refractivity contribution in [2.24, 2.45) is 0 Å². The molecule has 0 radical (unpaired) electrons. The number of nitro benzene ring substituents is 1. The number of aliphatic hydroxyl groups is 2. The zero-order valence-electron chi connectivity index (χ0n) is 10.8. The molecule has 6 nitrogen and oxygen atoms in total. The van der Waals surface area contributed by atoms with Crippen molar-refractivity contribution < 1.29 is 15.1 Å². The summed E-state index contributed by atoms with van der Waals surface area (Å²) >= 11 is 0. The van der Waals surface area contributed by atoms with Crippen molar-refractivity contribution in [3.05, 3.63) is 33.9 Å². The number of hydrogen-bond donors (Lipinski definition) is 2. The molecule has 1 saturated heterocycles. The molecular weight excluding hydrogens is 248 g/mol. The van der Waals surface area contributed by atoms with Crippen LogP contribution in [0.5, 0.6) is 0 Å². The molecule has 6 heteroatoms. The summed E-state index contributed by atoms with van der Waals surface area (Å²) in [7, 11) is 0. The van der Waals surface area contributed by atoms with E-state index in [1.165, 1.54) is 6.07 Å². The zero-order valence-corrected chi connectivity index (χ0v) is 10.8. The Kier molecular flexibility index (Phi) is 4.01.